The molecule has 2 bridgehead atoms. The highest BCUT2D eigenvalue weighted by Gasteiger charge is 2.51. The van der Waals surface area contributed by atoms with Crippen molar-refractivity contribution in [2.75, 3.05) is 6.54 Å². The molecule has 1 unspecified atom stereocenters. The zero-order valence-corrected chi connectivity index (χ0v) is 6.56. The van der Waals surface area contributed by atoms with Crippen LogP contribution in [0.1, 0.15) is 6.42 Å². The quantitative estimate of drug-likeness (QED) is 0.435. The number of hydrogen-bond donors (Lipinski definition) is 1. The summed E-state index contributed by atoms with van der Waals surface area (Å²) in [6.07, 6.45) is -0.654. The number of alkyl halides is 1. The Morgan fingerprint density at radius 3 is 2.92 bits per heavy atom. The number of fused-ring (bicyclic) bond motifs is 2. The highest BCUT2D eigenvalue weighted by molar-refractivity contribution is 6.64. The molecule has 2 aliphatic rings. The lowest BCUT2D eigenvalue weighted by molar-refractivity contribution is 0.0237. The minimum absolute atomic E-state index is 0.0150. The number of carbonyl (C=O) groups excluding carboxylic acids is 1. The number of aliphatic hydroxyl groups is 1. The zero-order valence-electron chi connectivity index (χ0n) is 6.56. The standard InChI is InChI=1S/C7H10BFNO2/c9-6-5-1-4(7(6)12)2-10(5)8-3-11/h3-7,12H,1-2H2/t4?,5-,6-,7-/m1/s1. The maximum atomic E-state index is 13.2. The van der Waals surface area contributed by atoms with Crippen molar-refractivity contribution < 1.29 is 14.3 Å². The summed E-state index contributed by atoms with van der Waals surface area (Å²) in [5, 5.41) is 9.27. The van der Waals surface area contributed by atoms with Crippen LogP contribution >= 0.6 is 0 Å². The van der Waals surface area contributed by atoms with E-state index >= 15 is 0 Å². The van der Waals surface area contributed by atoms with E-state index in [-0.39, 0.29) is 12.0 Å². The van der Waals surface area contributed by atoms with Crippen LogP contribution in [0.5, 0.6) is 0 Å². The highest BCUT2D eigenvalue weighted by atomic mass is 19.1. The van der Waals surface area contributed by atoms with Crippen LogP contribution in [0.4, 0.5) is 4.39 Å². The molecular formula is C7H10BFNO2. The van der Waals surface area contributed by atoms with E-state index in [4.69, 9.17) is 0 Å². The summed E-state index contributed by atoms with van der Waals surface area (Å²) in [4.78, 5) is 11.8. The van der Waals surface area contributed by atoms with Gasteiger partial charge in [-0.1, -0.05) is 0 Å². The first kappa shape index (κ1) is 8.20. The van der Waals surface area contributed by atoms with Crippen molar-refractivity contribution >= 4 is 13.6 Å². The lowest BCUT2D eigenvalue weighted by atomic mass is 9.90. The third-order valence-corrected chi connectivity index (χ3v) is 2.84. The third kappa shape index (κ3) is 1.000. The second-order valence-corrected chi connectivity index (χ2v) is 3.48. The Kier molecular flexibility index (Phi) is 1.92. The number of piperidine rings is 1. The van der Waals surface area contributed by atoms with Crippen molar-refractivity contribution in [3.05, 3.63) is 0 Å². The first-order valence-electron chi connectivity index (χ1n) is 4.10. The third-order valence-electron chi connectivity index (χ3n) is 2.84. The van der Waals surface area contributed by atoms with Gasteiger partial charge in [0.25, 0.3) is 7.41 Å². The van der Waals surface area contributed by atoms with Crippen molar-refractivity contribution in [2.24, 2.45) is 5.92 Å². The lowest BCUT2D eigenvalue weighted by Gasteiger charge is -2.30. The van der Waals surface area contributed by atoms with E-state index in [0.717, 1.165) is 0 Å². The van der Waals surface area contributed by atoms with E-state index < -0.39 is 12.3 Å². The van der Waals surface area contributed by atoms with Gasteiger partial charge in [-0.25, -0.2) is 4.39 Å². The Morgan fingerprint density at radius 2 is 2.42 bits per heavy atom. The van der Waals surface area contributed by atoms with Crippen molar-refractivity contribution in [1.82, 2.24) is 4.81 Å². The van der Waals surface area contributed by atoms with Crippen molar-refractivity contribution in [3.8, 4) is 0 Å². The van der Waals surface area contributed by atoms with Crippen LogP contribution in [0.2, 0.25) is 0 Å². The fourth-order valence-electron chi connectivity index (χ4n) is 2.22. The van der Waals surface area contributed by atoms with Gasteiger partial charge in [-0.3, -0.25) is 0 Å². The first-order valence-corrected chi connectivity index (χ1v) is 4.10. The predicted molar refractivity (Wildman–Crippen MR) is 42.0 cm³/mol. The molecule has 1 radical (unpaired) electrons. The van der Waals surface area contributed by atoms with Crippen LogP contribution < -0.4 is 0 Å². The van der Waals surface area contributed by atoms with Gasteiger partial charge >= 0.3 is 0 Å². The van der Waals surface area contributed by atoms with E-state index in [0.29, 0.717) is 19.2 Å². The number of aliphatic hydroxyl groups excluding tert-OH is 1. The lowest BCUT2D eigenvalue weighted by Crippen LogP contribution is -2.48. The van der Waals surface area contributed by atoms with Crippen molar-refractivity contribution in [3.63, 3.8) is 0 Å². The molecule has 1 heterocycles. The van der Waals surface area contributed by atoms with Crippen molar-refractivity contribution in [1.29, 1.82) is 0 Å². The van der Waals surface area contributed by atoms with E-state index in [2.05, 4.69) is 0 Å². The molecule has 1 aliphatic carbocycles. The molecule has 4 atom stereocenters. The van der Waals surface area contributed by atoms with Gasteiger partial charge in [-0.2, -0.15) is 0 Å². The van der Waals surface area contributed by atoms with Crippen LogP contribution in [0.25, 0.3) is 0 Å². The molecule has 1 aliphatic heterocycles. The molecule has 5 heteroatoms. The molecule has 0 aromatic rings. The largest absolute Gasteiger partial charge is 0.390 e. The Labute approximate surface area is 70.8 Å². The van der Waals surface area contributed by atoms with Gasteiger partial charge in [0.15, 0.2) is 0 Å². The molecule has 12 heavy (non-hydrogen) atoms. The number of halogens is 1. The molecule has 1 saturated carbocycles. The SMILES string of the molecule is O=C[B]N1CC2C[C@@H]1[C@@H](F)[C@@H]2O. The maximum absolute atomic E-state index is 13.2. The van der Waals surface area contributed by atoms with Crippen LogP contribution in [0.15, 0.2) is 0 Å². The number of carbonyl (C=O) groups is 1. The summed E-state index contributed by atoms with van der Waals surface area (Å²) >= 11 is 0. The van der Waals surface area contributed by atoms with E-state index in [9.17, 15) is 14.3 Å². The number of nitrogens with zero attached hydrogens (tertiary/aromatic N) is 1. The Morgan fingerprint density at radius 1 is 1.67 bits per heavy atom. The van der Waals surface area contributed by atoms with Crippen molar-refractivity contribution in [2.45, 2.75) is 24.7 Å². The summed E-state index contributed by atoms with van der Waals surface area (Å²) in [7, 11) is 1.36. The molecule has 65 valence electrons. The Balaban J connectivity index is 2.05. The normalized spacial score (nSPS) is 46.5. The molecular weight excluding hydrogens is 160 g/mol. The fourth-order valence-corrected chi connectivity index (χ4v) is 2.22. The maximum Gasteiger partial charge on any atom is 0.293 e. The smallest absolute Gasteiger partial charge is 0.293 e. The molecule has 0 amide bonds. The molecule has 3 nitrogen and oxygen atoms in total. The van der Waals surface area contributed by atoms with E-state index in [1.54, 1.807) is 4.81 Å². The second-order valence-electron chi connectivity index (χ2n) is 3.48. The molecule has 1 saturated heterocycles. The summed E-state index contributed by atoms with van der Waals surface area (Å²) in [5.41, 5.74) is 0. The average Bonchev–Trinajstić information content (AvgIpc) is 2.55. The van der Waals surface area contributed by atoms with Gasteiger partial charge in [0.05, 0.1) is 12.3 Å². The molecule has 1 N–H and O–H groups in total. The van der Waals surface area contributed by atoms with E-state index in [1.807, 2.05) is 0 Å². The minimum atomic E-state index is -1.18. The highest BCUT2D eigenvalue weighted by Crippen LogP contribution is 2.38. The van der Waals surface area contributed by atoms with Gasteiger partial charge in [0.1, 0.15) is 6.17 Å². The monoisotopic (exact) mass is 170 g/mol. The predicted octanol–water partition coefficient (Wildman–Crippen LogP) is -0.801. The summed E-state index contributed by atoms with van der Waals surface area (Å²) < 4.78 is 13.2. The Hall–Kier alpha value is -0.415. The summed E-state index contributed by atoms with van der Waals surface area (Å²) in [6, 6.07) is -0.268. The van der Waals surface area contributed by atoms with Crippen LogP contribution in [-0.2, 0) is 4.79 Å². The number of rotatable bonds is 2. The topological polar surface area (TPSA) is 40.5 Å². The molecule has 0 aromatic carbocycles. The molecule has 2 fully saturated rings. The van der Waals surface area contributed by atoms with Crippen LogP contribution in [0.3, 0.4) is 0 Å². The van der Waals surface area contributed by atoms with Gasteiger partial charge < -0.3 is 14.7 Å². The van der Waals surface area contributed by atoms with Gasteiger partial charge in [-0.15, -0.1) is 0 Å². The van der Waals surface area contributed by atoms with Crippen LogP contribution in [0, 0.1) is 5.92 Å². The molecule has 2 rings (SSSR count). The zero-order chi connectivity index (χ0) is 8.72. The average molecular weight is 170 g/mol. The first-order chi connectivity index (χ1) is 5.74. The van der Waals surface area contributed by atoms with Gasteiger partial charge in [0, 0.05) is 12.0 Å². The molecule has 0 aromatic heterocycles. The second kappa shape index (κ2) is 2.82. The Bertz CT molecular complexity index is 202. The van der Waals surface area contributed by atoms with Crippen LogP contribution in [-0.4, -0.2) is 48.4 Å². The summed E-state index contributed by atoms with van der Waals surface area (Å²) in [6.45, 7) is 0.616. The number of hydrogen-bond acceptors (Lipinski definition) is 3. The summed E-state index contributed by atoms with van der Waals surface area (Å²) in [5.74, 6) is 0.0150. The fraction of sp³-hybridized carbons (Fsp3) is 0.857. The van der Waals surface area contributed by atoms with Gasteiger partial charge in [-0.05, 0) is 13.0 Å². The van der Waals surface area contributed by atoms with Gasteiger partial charge in [0.2, 0.25) is 0 Å². The molecule has 0 spiro atoms. The van der Waals surface area contributed by atoms with E-state index in [1.165, 1.54) is 7.41 Å². The minimum Gasteiger partial charge on any atom is -0.390 e.